The summed E-state index contributed by atoms with van der Waals surface area (Å²) in [5.74, 6) is -3.34. The lowest BCUT2D eigenvalue weighted by Gasteiger charge is -2.18. The number of nitrogens with zero attached hydrogens (tertiary/aromatic N) is 1. The van der Waals surface area contributed by atoms with Crippen molar-refractivity contribution in [1.82, 2.24) is 0 Å². The molecule has 0 atom stereocenters. The Morgan fingerprint density at radius 2 is 1.57 bits per heavy atom. The molecule has 0 spiro atoms. The van der Waals surface area contributed by atoms with Gasteiger partial charge in [-0.3, -0.25) is 9.59 Å². The average Bonchev–Trinajstić information content (AvgIpc) is 2.85. The zero-order chi connectivity index (χ0) is 22.6. The van der Waals surface area contributed by atoms with Crippen LogP contribution >= 0.6 is 0 Å². The first-order valence-electron chi connectivity index (χ1n) is 7.85. The maximum Gasteiger partial charge on any atom is 0.534 e. The van der Waals surface area contributed by atoms with Crippen LogP contribution < -0.4 is 9.08 Å². The van der Waals surface area contributed by atoms with Gasteiger partial charge in [0.15, 0.2) is 5.75 Å². The molecule has 13 heteroatoms. The minimum Gasteiger partial charge on any atom is -0.375 e. The number of imide groups is 1. The van der Waals surface area contributed by atoms with E-state index in [1.165, 1.54) is 6.92 Å². The number of carbonyl (C=O) groups excluding carboxylic acids is 2. The Kier molecular flexibility index (Phi) is 4.84. The molecule has 1 aliphatic heterocycles. The fourth-order valence-electron chi connectivity index (χ4n) is 2.79. The number of benzene rings is 2. The summed E-state index contributed by atoms with van der Waals surface area (Å²) in [4.78, 5) is 25.8. The molecule has 0 aromatic heterocycles. The molecular weight excluding hydrogens is 444 g/mol. The van der Waals surface area contributed by atoms with Crippen molar-refractivity contribution in [3.05, 3.63) is 58.7 Å². The van der Waals surface area contributed by atoms with Crippen LogP contribution in [0.4, 0.5) is 32.0 Å². The molecule has 0 fully saturated rings. The molecule has 0 bridgehead atoms. The maximum atomic E-state index is 12.8. The van der Waals surface area contributed by atoms with E-state index in [0.29, 0.717) is 17.0 Å². The lowest BCUT2D eigenvalue weighted by Crippen LogP contribution is -2.31. The van der Waals surface area contributed by atoms with E-state index in [2.05, 4.69) is 4.18 Å². The maximum absolute atomic E-state index is 12.8. The van der Waals surface area contributed by atoms with E-state index in [4.69, 9.17) is 0 Å². The number of hydrogen-bond acceptors (Lipinski definition) is 5. The minimum atomic E-state index is -6.13. The molecule has 0 saturated carbocycles. The summed E-state index contributed by atoms with van der Waals surface area (Å²) in [6.45, 7) is 1.19. The van der Waals surface area contributed by atoms with Gasteiger partial charge in [-0.05, 0) is 42.8 Å². The molecule has 6 nitrogen and oxygen atoms in total. The van der Waals surface area contributed by atoms with Crippen LogP contribution in [-0.4, -0.2) is 25.7 Å². The molecule has 3 rings (SSSR count). The Morgan fingerprint density at radius 3 is 2.10 bits per heavy atom. The Labute approximate surface area is 164 Å². The van der Waals surface area contributed by atoms with Gasteiger partial charge in [0, 0.05) is 0 Å². The van der Waals surface area contributed by atoms with Gasteiger partial charge in [0.25, 0.3) is 11.8 Å². The van der Waals surface area contributed by atoms with Crippen LogP contribution in [0.1, 0.15) is 31.8 Å². The standard InChI is InChI=1S/C17H9F6NO5S/c1-8-7-9(16(18,19)20)5-6-11(8)24-14(25)10-3-2-4-12(13(10)15(24)26)29-30(27,28)17(21,22)23/h2-7H,1H3. The molecule has 0 unspecified atom stereocenters. The van der Waals surface area contributed by atoms with Gasteiger partial charge in [-0.15, -0.1) is 0 Å². The van der Waals surface area contributed by atoms with E-state index >= 15 is 0 Å². The highest BCUT2D eigenvalue weighted by molar-refractivity contribution is 7.88. The highest BCUT2D eigenvalue weighted by atomic mass is 32.2. The summed E-state index contributed by atoms with van der Waals surface area (Å²) in [6.07, 6.45) is -4.68. The number of alkyl halides is 6. The number of aryl methyl sites for hydroxylation is 1. The smallest absolute Gasteiger partial charge is 0.375 e. The summed E-state index contributed by atoms with van der Waals surface area (Å²) < 4.78 is 103. The fraction of sp³-hybridized carbons (Fsp3) is 0.176. The first-order chi connectivity index (χ1) is 13.6. The molecule has 1 aliphatic rings. The lowest BCUT2D eigenvalue weighted by molar-refractivity contribution is -0.137. The average molecular weight is 453 g/mol. The molecule has 0 aliphatic carbocycles. The number of anilines is 1. The van der Waals surface area contributed by atoms with Crippen molar-refractivity contribution >= 4 is 27.6 Å². The molecule has 2 amide bonds. The van der Waals surface area contributed by atoms with Crippen molar-refractivity contribution in [1.29, 1.82) is 0 Å². The van der Waals surface area contributed by atoms with Crippen LogP contribution in [0.3, 0.4) is 0 Å². The van der Waals surface area contributed by atoms with Crippen molar-refractivity contribution in [2.75, 3.05) is 4.90 Å². The third-order valence-electron chi connectivity index (χ3n) is 4.12. The van der Waals surface area contributed by atoms with Gasteiger partial charge in [0.1, 0.15) is 0 Å². The topological polar surface area (TPSA) is 80.8 Å². The van der Waals surface area contributed by atoms with Crippen molar-refractivity contribution in [2.24, 2.45) is 0 Å². The minimum absolute atomic E-state index is 0.121. The molecule has 2 aromatic carbocycles. The zero-order valence-corrected chi connectivity index (χ0v) is 15.4. The number of fused-ring (bicyclic) bond motifs is 1. The SMILES string of the molecule is Cc1cc(C(F)(F)F)ccc1N1C(=O)c2cccc(OS(=O)(=O)C(F)(F)F)c2C1=O. The number of hydrogen-bond donors (Lipinski definition) is 0. The third-order valence-corrected chi connectivity index (χ3v) is 5.09. The first-order valence-corrected chi connectivity index (χ1v) is 9.26. The van der Waals surface area contributed by atoms with Crippen LogP contribution in [0, 0.1) is 6.92 Å². The number of rotatable bonds is 3. The van der Waals surface area contributed by atoms with E-state index in [-0.39, 0.29) is 11.3 Å². The molecule has 1 heterocycles. The second-order valence-corrected chi connectivity index (χ2v) is 7.64. The van der Waals surface area contributed by atoms with Crippen molar-refractivity contribution in [3.8, 4) is 5.75 Å². The van der Waals surface area contributed by atoms with Crippen LogP contribution in [-0.2, 0) is 16.3 Å². The monoisotopic (exact) mass is 453 g/mol. The van der Waals surface area contributed by atoms with Crippen molar-refractivity contribution < 1.29 is 48.5 Å². The molecule has 0 N–H and O–H groups in total. The molecule has 30 heavy (non-hydrogen) atoms. The first kappa shape index (κ1) is 21.6. The van der Waals surface area contributed by atoms with Gasteiger partial charge >= 0.3 is 21.8 Å². The molecule has 160 valence electrons. The summed E-state index contributed by atoms with van der Waals surface area (Å²) in [5, 5.41) is 0. The number of carbonyl (C=O) groups is 2. The van der Waals surface area contributed by atoms with Gasteiger partial charge in [0.2, 0.25) is 0 Å². The molecule has 0 saturated heterocycles. The number of amides is 2. The fourth-order valence-corrected chi connectivity index (χ4v) is 3.26. The predicted molar refractivity (Wildman–Crippen MR) is 89.4 cm³/mol. The van der Waals surface area contributed by atoms with Gasteiger partial charge in [-0.25, -0.2) is 4.90 Å². The largest absolute Gasteiger partial charge is 0.534 e. The van der Waals surface area contributed by atoms with E-state index in [9.17, 15) is 44.3 Å². The predicted octanol–water partition coefficient (Wildman–Crippen LogP) is 4.04. The summed E-state index contributed by atoms with van der Waals surface area (Å²) in [5.41, 5.74) is -8.42. The Balaban J connectivity index is 2.07. The van der Waals surface area contributed by atoms with E-state index in [1.807, 2.05) is 0 Å². The third kappa shape index (κ3) is 3.49. The van der Waals surface area contributed by atoms with Crippen LogP contribution in [0.2, 0.25) is 0 Å². The highest BCUT2D eigenvalue weighted by Gasteiger charge is 2.50. The second-order valence-electron chi connectivity index (χ2n) is 6.11. The quantitative estimate of drug-likeness (QED) is 0.303. The summed E-state index contributed by atoms with van der Waals surface area (Å²) in [6, 6.07) is 4.95. The lowest BCUT2D eigenvalue weighted by atomic mass is 10.1. The van der Waals surface area contributed by atoms with E-state index in [1.54, 1.807) is 0 Å². The summed E-state index contributed by atoms with van der Waals surface area (Å²) >= 11 is 0. The van der Waals surface area contributed by atoms with Crippen LogP contribution in [0.5, 0.6) is 5.75 Å². The van der Waals surface area contributed by atoms with Gasteiger partial charge in [-0.2, -0.15) is 34.8 Å². The van der Waals surface area contributed by atoms with Gasteiger partial charge in [-0.1, -0.05) is 6.07 Å². The molecule has 2 aromatic rings. The summed E-state index contributed by atoms with van der Waals surface area (Å²) in [7, 11) is -6.13. The highest BCUT2D eigenvalue weighted by Crippen LogP contribution is 2.39. The van der Waals surface area contributed by atoms with E-state index in [0.717, 1.165) is 24.3 Å². The molecule has 0 radical (unpaired) electrons. The van der Waals surface area contributed by atoms with E-state index < -0.39 is 56.1 Å². The Hall–Kier alpha value is -3.09. The normalized spacial score (nSPS) is 14.8. The Morgan fingerprint density at radius 1 is 0.933 bits per heavy atom. The van der Waals surface area contributed by atoms with Crippen molar-refractivity contribution in [2.45, 2.75) is 18.6 Å². The number of halogens is 6. The van der Waals surface area contributed by atoms with Crippen LogP contribution in [0.15, 0.2) is 36.4 Å². The van der Waals surface area contributed by atoms with Gasteiger partial charge < -0.3 is 4.18 Å². The van der Waals surface area contributed by atoms with Gasteiger partial charge in [0.05, 0.1) is 22.4 Å². The van der Waals surface area contributed by atoms with Crippen LogP contribution in [0.25, 0.3) is 0 Å². The zero-order valence-electron chi connectivity index (χ0n) is 14.6. The molecular formula is C17H9F6NO5S. The second kappa shape index (κ2) is 6.72. The Bertz CT molecular complexity index is 1170. The van der Waals surface area contributed by atoms with Crippen molar-refractivity contribution in [3.63, 3.8) is 0 Å².